The summed E-state index contributed by atoms with van der Waals surface area (Å²) >= 11 is 0. The van der Waals surface area contributed by atoms with Gasteiger partial charge in [-0.05, 0) is 5.56 Å². The predicted molar refractivity (Wildman–Crippen MR) is 97.2 cm³/mol. The van der Waals surface area contributed by atoms with Crippen molar-refractivity contribution in [2.24, 2.45) is 7.05 Å². The molecule has 2 aromatic heterocycles. The second-order valence-corrected chi connectivity index (χ2v) is 5.83. The molecule has 10 heteroatoms. The Morgan fingerprint density at radius 3 is 2.64 bits per heavy atom. The van der Waals surface area contributed by atoms with Crippen LogP contribution in [0.15, 0.2) is 41.3 Å². The summed E-state index contributed by atoms with van der Waals surface area (Å²) in [6.45, 7) is -0.482. The lowest BCUT2D eigenvalue weighted by molar-refractivity contribution is -0.135. The van der Waals surface area contributed by atoms with Gasteiger partial charge in [0.05, 0.1) is 5.39 Å². The Morgan fingerprint density at radius 1 is 1.25 bits per heavy atom. The van der Waals surface area contributed by atoms with E-state index >= 15 is 0 Å². The Hall–Kier alpha value is -3.95. The Kier molecular flexibility index (Phi) is 5.21. The van der Waals surface area contributed by atoms with Crippen molar-refractivity contribution in [1.82, 2.24) is 19.9 Å². The van der Waals surface area contributed by atoms with Crippen LogP contribution in [-0.4, -0.2) is 43.2 Å². The van der Waals surface area contributed by atoms with Gasteiger partial charge in [-0.25, -0.2) is 4.98 Å². The van der Waals surface area contributed by atoms with Crippen LogP contribution in [0.1, 0.15) is 15.9 Å². The Morgan fingerprint density at radius 2 is 1.96 bits per heavy atom. The molecule has 0 unspecified atom stereocenters. The number of aromatic hydroxyl groups is 1. The number of ether oxygens (including phenoxy) is 1. The van der Waals surface area contributed by atoms with E-state index in [1.807, 2.05) is 35.6 Å². The molecule has 2 heterocycles. The SMILES string of the molecule is Cn1c(=O)c(C(=O)NCC(=O)O)c(O)c2cnc(OCc3ccccc3)nc21. The molecule has 0 bridgehead atoms. The minimum Gasteiger partial charge on any atom is -0.506 e. The normalized spacial score (nSPS) is 10.6. The molecule has 0 aliphatic heterocycles. The van der Waals surface area contributed by atoms with Crippen molar-refractivity contribution in [2.75, 3.05) is 6.54 Å². The zero-order valence-electron chi connectivity index (χ0n) is 14.7. The van der Waals surface area contributed by atoms with E-state index in [2.05, 4.69) is 9.97 Å². The van der Waals surface area contributed by atoms with Crippen molar-refractivity contribution in [1.29, 1.82) is 0 Å². The summed E-state index contributed by atoms with van der Waals surface area (Å²) in [7, 11) is 1.37. The lowest BCUT2D eigenvalue weighted by atomic mass is 10.1. The van der Waals surface area contributed by atoms with Gasteiger partial charge in [0.2, 0.25) is 0 Å². The maximum Gasteiger partial charge on any atom is 0.322 e. The molecule has 0 spiro atoms. The number of amides is 1. The van der Waals surface area contributed by atoms with Crippen LogP contribution in [0, 0.1) is 0 Å². The van der Waals surface area contributed by atoms with E-state index in [9.17, 15) is 19.5 Å². The molecule has 1 amide bonds. The van der Waals surface area contributed by atoms with Gasteiger partial charge in [-0.3, -0.25) is 19.0 Å². The van der Waals surface area contributed by atoms with Gasteiger partial charge in [-0.1, -0.05) is 30.3 Å². The van der Waals surface area contributed by atoms with Gasteiger partial charge in [0.25, 0.3) is 11.5 Å². The summed E-state index contributed by atoms with van der Waals surface area (Å²) in [6.07, 6.45) is 1.23. The number of nitrogens with zero attached hydrogens (tertiary/aromatic N) is 3. The molecular weight excluding hydrogens is 368 g/mol. The fourth-order valence-electron chi connectivity index (χ4n) is 2.52. The molecule has 10 nitrogen and oxygen atoms in total. The number of fused-ring (bicyclic) bond motifs is 1. The van der Waals surface area contributed by atoms with E-state index in [1.165, 1.54) is 13.2 Å². The summed E-state index contributed by atoms with van der Waals surface area (Å²) in [5.74, 6) is -2.92. The van der Waals surface area contributed by atoms with Gasteiger partial charge in [0, 0.05) is 13.2 Å². The molecule has 0 aliphatic rings. The molecule has 0 fully saturated rings. The standard InChI is InChI=1S/C18H16N4O6/c1-22-15-11(14(25)13(17(22)27)16(26)19-8-12(23)24)7-20-18(21-15)28-9-10-5-3-2-4-6-10/h2-7,25H,8-9H2,1H3,(H,19,26)(H,23,24). The van der Waals surface area contributed by atoms with Crippen LogP contribution in [0.4, 0.5) is 0 Å². The van der Waals surface area contributed by atoms with Crippen molar-refractivity contribution < 1.29 is 24.5 Å². The van der Waals surface area contributed by atoms with Crippen LogP contribution in [0.5, 0.6) is 11.8 Å². The number of hydrogen-bond donors (Lipinski definition) is 3. The first-order valence-corrected chi connectivity index (χ1v) is 8.14. The van der Waals surface area contributed by atoms with Gasteiger partial charge in [-0.15, -0.1) is 0 Å². The van der Waals surface area contributed by atoms with Crippen LogP contribution in [0.3, 0.4) is 0 Å². The number of benzene rings is 1. The van der Waals surface area contributed by atoms with Crippen molar-refractivity contribution >= 4 is 22.9 Å². The van der Waals surface area contributed by atoms with E-state index < -0.39 is 35.3 Å². The summed E-state index contributed by atoms with van der Waals surface area (Å²) in [6, 6.07) is 9.32. The zero-order chi connectivity index (χ0) is 20.3. The molecule has 144 valence electrons. The highest BCUT2D eigenvalue weighted by Crippen LogP contribution is 2.25. The first-order chi connectivity index (χ1) is 13.4. The largest absolute Gasteiger partial charge is 0.506 e. The van der Waals surface area contributed by atoms with Crippen molar-refractivity contribution in [3.8, 4) is 11.8 Å². The number of rotatable bonds is 6. The van der Waals surface area contributed by atoms with Crippen LogP contribution in [0.25, 0.3) is 11.0 Å². The third-order valence-electron chi connectivity index (χ3n) is 3.91. The number of carboxylic acid groups (broad SMARTS) is 1. The maximum atomic E-state index is 12.5. The molecule has 0 saturated heterocycles. The molecule has 3 rings (SSSR count). The van der Waals surface area contributed by atoms with Crippen molar-refractivity contribution in [3.63, 3.8) is 0 Å². The highest BCUT2D eigenvalue weighted by Gasteiger charge is 2.23. The lowest BCUT2D eigenvalue weighted by Gasteiger charge is -2.11. The Balaban J connectivity index is 1.95. The van der Waals surface area contributed by atoms with E-state index in [-0.39, 0.29) is 23.7 Å². The third-order valence-corrected chi connectivity index (χ3v) is 3.91. The van der Waals surface area contributed by atoms with Gasteiger partial charge < -0.3 is 20.3 Å². The van der Waals surface area contributed by atoms with E-state index in [0.29, 0.717) is 0 Å². The number of carbonyl (C=O) groups is 2. The molecule has 0 saturated carbocycles. The predicted octanol–water partition coefficient (Wildman–Crippen LogP) is 0.427. The topological polar surface area (TPSA) is 144 Å². The quantitative estimate of drug-likeness (QED) is 0.555. The summed E-state index contributed by atoms with van der Waals surface area (Å²) in [4.78, 5) is 43.3. The van der Waals surface area contributed by atoms with Crippen LogP contribution in [0.2, 0.25) is 0 Å². The molecule has 1 aromatic carbocycles. The number of carboxylic acids is 1. The molecule has 3 N–H and O–H groups in total. The van der Waals surface area contributed by atoms with Gasteiger partial charge in [-0.2, -0.15) is 4.98 Å². The second-order valence-electron chi connectivity index (χ2n) is 5.83. The summed E-state index contributed by atoms with van der Waals surface area (Å²) in [5.41, 5.74) is -0.456. The second kappa shape index (κ2) is 7.74. The first-order valence-electron chi connectivity index (χ1n) is 8.14. The fraction of sp³-hybridized carbons (Fsp3) is 0.167. The van der Waals surface area contributed by atoms with Gasteiger partial charge in [0.15, 0.2) is 5.65 Å². The number of aliphatic carboxylic acids is 1. The van der Waals surface area contributed by atoms with Crippen molar-refractivity contribution in [2.45, 2.75) is 6.61 Å². The molecular formula is C18H16N4O6. The number of nitrogens with one attached hydrogen (secondary N) is 1. The monoisotopic (exact) mass is 384 g/mol. The zero-order valence-corrected chi connectivity index (χ0v) is 14.7. The molecule has 0 aliphatic carbocycles. The van der Waals surface area contributed by atoms with Gasteiger partial charge in [0.1, 0.15) is 24.5 Å². The Labute approximate surface area is 158 Å². The van der Waals surface area contributed by atoms with E-state index in [0.717, 1.165) is 10.1 Å². The minimum absolute atomic E-state index is 0.00571. The fourth-order valence-corrected chi connectivity index (χ4v) is 2.52. The minimum atomic E-state index is -1.28. The Bertz CT molecular complexity index is 1110. The summed E-state index contributed by atoms with van der Waals surface area (Å²) in [5, 5.41) is 21.1. The molecule has 0 radical (unpaired) electrons. The van der Waals surface area contributed by atoms with E-state index in [1.54, 1.807) is 0 Å². The third kappa shape index (κ3) is 3.75. The average molecular weight is 384 g/mol. The number of carbonyl (C=O) groups excluding carboxylic acids is 1. The number of hydrogen-bond acceptors (Lipinski definition) is 7. The highest BCUT2D eigenvalue weighted by atomic mass is 16.5. The average Bonchev–Trinajstić information content (AvgIpc) is 2.69. The number of aromatic nitrogens is 3. The smallest absolute Gasteiger partial charge is 0.322 e. The summed E-state index contributed by atoms with van der Waals surface area (Å²) < 4.78 is 6.57. The first kappa shape index (κ1) is 18.8. The lowest BCUT2D eigenvalue weighted by Crippen LogP contribution is -2.35. The van der Waals surface area contributed by atoms with Crippen LogP contribution in [-0.2, 0) is 18.4 Å². The van der Waals surface area contributed by atoms with Crippen LogP contribution >= 0.6 is 0 Å². The van der Waals surface area contributed by atoms with Gasteiger partial charge >= 0.3 is 12.0 Å². The molecule has 3 aromatic rings. The maximum absolute atomic E-state index is 12.5. The van der Waals surface area contributed by atoms with Crippen molar-refractivity contribution in [3.05, 3.63) is 58.0 Å². The van der Waals surface area contributed by atoms with E-state index in [4.69, 9.17) is 9.84 Å². The van der Waals surface area contributed by atoms with Crippen LogP contribution < -0.4 is 15.6 Å². The highest BCUT2D eigenvalue weighted by molar-refractivity contribution is 6.02. The molecule has 28 heavy (non-hydrogen) atoms. The number of pyridine rings is 1. The molecule has 0 atom stereocenters. The number of aryl methyl sites for hydroxylation is 1.